The molecule has 0 atom stereocenters. The molecule has 41 heavy (non-hydrogen) atoms. The fourth-order valence-corrected chi connectivity index (χ4v) is 7.61. The number of aromatic nitrogens is 4. The minimum atomic E-state index is -3.66. The second-order valence-electron chi connectivity index (χ2n) is 10.2. The summed E-state index contributed by atoms with van der Waals surface area (Å²) in [5.74, 6) is 1.70. The number of benzene rings is 5. The summed E-state index contributed by atoms with van der Waals surface area (Å²) in [5.41, 5.74) is 7.87. The minimum absolute atomic E-state index is 0.301. The Morgan fingerprint density at radius 2 is 1.37 bits per heavy atom. The Morgan fingerprint density at radius 1 is 0.659 bits per heavy atom. The van der Waals surface area contributed by atoms with Crippen LogP contribution in [0, 0.1) is 0 Å². The van der Waals surface area contributed by atoms with Gasteiger partial charge in [0.15, 0.2) is 0 Å². The predicted octanol–water partition coefficient (Wildman–Crippen LogP) is 7.41. The van der Waals surface area contributed by atoms with Gasteiger partial charge in [0.05, 0.1) is 37.5 Å². The summed E-state index contributed by atoms with van der Waals surface area (Å²) in [6, 6.07) is 37.5. The van der Waals surface area contributed by atoms with E-state index in [1.54, 1.807) is 18.2 Å². The van der Waals surface area contributed by atoms with Crippen molar-refractivity contribution in [2.45, 2.75) is 23.1 Å². The predicted molar refractivity (Wildman–Crippen MR) is 161 cm³/mol. The number of rotatable bonds is 4. The van der Waals surface area contributed by atoms with Gasteiger partial charge in [-0.25, -0.2) is 18.4 Å². The van der Waals surface area contributed by atoms with Crippen molar-refractivity contribution in [1.29, 1.82) is 0 Å². The van der Waals surface area contributed by atoms with E-state index >= 15 is 0 Å². The summed E-state index contributed by atoms with van der Waals surface area (Å²) in [4.78, 5) is 10.6. The number of hydrogen-bond acceptors (Lipinski definition) is 4. The van der Waals surface area contributed by atoms with Crippen LogP contribution in [0.5, 0.6) is 0 Å². The molecule has 3 heterocycles. The van der Waals surface area contributed by atoms with Crippen molar-refractivity contribution < 1.29 is 8.42 Å². The second kappa shape index (κ2) is 8.74. The molecule has 0 N–H and O–H groups in total. The van der Waals surface area contributed by atoms with Crippen LogP contribution in [0.1, 0.15) is 12.7 Å². The van der Waals surface area contributed by atoms with Gasteiger partial charge < -0.3 is 0 Å². The van der Waals surface area contributed by atoms with Crippen molar-refractivity contribution in [3.05, 3.63) is 121 Å². The van der Waals surface area contributed by atoms with Gasteiger partial charge in [0.1, 0.15) is 11.6 Å². The molecule has 198 valence electrons. The monoisotopic (exact) mass is 552 g/mol. The maximum atomic E-state index is 13.6. The van der Waals surface area contributed by atoms with Gasteiger partial charge in [0.2, 0.25) is 9.84 Å². The lowest BCUT2D eigenvalue weighted by Gasteiger charge is -2.21. The normalized spacial score (nSPS) is 13.5. The number of sulfone groups is 1. The zero-order valence-electron chi connectivity index (χ0n) is 22.2. The average molecular weight is 553 g/mol. The first-order valence-electron chi connectivity index (χ1n) is 13.6. The summed E-state index contributed by atoms with van der Waals surface area (Å²) in [7, 11) is -3.66. The van der Waals surface area contributed by atoms with Crippen LogP contribution in [0.25, 0.3) is 56.0 Å². The van der Waals surface area contributed by atoms with Crippen LogP contribution in [0.3, 0.4) is 0 Å². The van der Waals surface area contributed by atoms with Crippen LogP contribution in [0.15, 0.2) is 125 Å². The van der Waals surface area contributed by atoms with E-state index in [4.69, 9.17) is 9.97 Å². The van der Waals surface area contributed by atoms with E-state index in [1.807, 2.05) is 66.1 Å². The Balaban J connectivity index is 1.31. The van der Waals surface area contributed by atoms with Gasteiger partial charge in [-0.1, -0.05) is 79.7 Å². The summed E-state index contributed by atoms with van der Waals surface area (Å²) < 4.78 is 31.4. The average Bonchev–Trinajstić information content (AvgIpc) is 3.60. The zero-order valence-corrected chi connectivity index (χ0v) is 23.0. The molecule has 7 aromatic rings. The first-order chi connectivity index (χ1) is 20.1. The molecule has 7 heteroatoms. The quantitative estimate of drug-likeness (QED) is 0.228. The molecule has 0 saturated heterocycles. The molecule has 2 aromatic heterocycles. The van der Waals surface area contributed by atoms with Gasteiger partial charge >= 0.3 is 0 Å². The van der Waals surface area contributed by atoms with E-state index in [1.165, 1.54) is 0 Å². The SMILES string of the molecule is CCc1nc2c(-c3ccc(-c4nc5ccccc5n4-c4ccccc4)cc3)ccc3c2n1-c1ccccc1S3(=O)=O. The molecule has 0 amide bonds. The van der Waals surface area contributed by atoms with Crippen molar-refractivity contribution >= 4 is 31.9 Å². The molecule has 1 aliphatic rings. The lowest BCUT2D eigenvalue weighted by molar-refractivity contribution is 0.594. The van der Waals surface area contributed by atoms with Crippen LogP contribution >= 0.6 is 0 Å². The highest BCUT2D eigenvalue weighted by Crippen LogP contribution is 2.42. The highest BCUT2D eigenvalue weighted by Gasteiger charge is 2.33. The van der Waals surface area contributed by atoms with Gasteiger partial charge in [-0.05, 0) is 48.0 Å². The first kappa shape index (κ1) is 23.8. The van der Waals surface area contributed by atoms with Gasteiger partial charge in [-0.3, -0.25) is 9.13 Å². The standard InChI is InChI=1S/C34H24N4O2S/c1-2-31-36-32-25(20-21-30-33(32)38(31)28-14-8-9-15-29(28)41(30,39)40)22-16-18-23(19-17-22)34-35-26-12-6-7-13-27(26)37(34)24-10-4-3-5-11-24/h3-21H,2H2,1H3. The third-order valence-electron chi connectivity index (χ3n) is 7.87. The molecule has 6 nitrogen and oxygen atoms in total. The van der Waals surface area contributed by atoms with Crippen molar-refractivity contribution in [2.24, 2.45) is 0 Å². The number of hydrogen-bond donors (Lipinski definition) is 0. The van der Waals surface area contributed by atoms with Gasteiger partial charge in [0, 0.05) is 23.2 Å². The van der Waals surface area contributed by atoms with E-state index in [-0.39, 0.29) is 0 Å². The lowest BCUT2D eigenvalue weighted by atomic mass is 10.0. The Kier molecular flexibility index (Phi) is 5.09. The lowest BCUT2D eigenvalue weighted by Crippen LogP contribution is -2.15. The minimum Gasteiger partial charge on any atom is -0.294 e. The van der Waals surface area contributed by atoms with Crippen LogP contribution in [0.4, 0.5) is 0 Å². The van der Waals surface area contributed by atoms with E-state index in [2.05, 4.69) is 47.0 Å². The fraction of sp³-hybridized carbons (Fsp3) is 0.0588. The molecule has 0 radical (unpaired) electrons. The van der Waals surface area contributed by atoms with Crippen molar-refractivity contribution in [3.8, 4) is 33.9 Å². The fourth-order valence-electron chi connectivity index (χ4n) is 5.99. The molecule has 0 bridgehead atoms. The van der Waals surface area contributed by atoms with Crippen molar-refractivity contribution in [1.82, 2.24) is 19.1 Å². The Morgan fingerprint density at radius 3 is 2.17 bits per heavy atom. The summed E-state index contributed by atoms with van der Waals surface area (Å²) in [6.45, 7) is 2.05. The van der Waals surface area contributed by atoms with Crippen LogP contribution in [-0.2, 0) is 16.3 Å². The van der Waals surface area contributed by atoms with Crippen LogP contribution in [-0.4, -0.2) is 27.5 Å². The largest absolute Gasteiger partial charge is 0.294 e. The van der Waals surface area contributed by atoms with E-state index in [0.29, 0.717) is 32.9 Å². The molecule has 0 spiro atoms. The van der Waals surface area contributed by atoms with Gasteiger partial charge in [-0.2, -0.15) is 0 Å². The molecular weight excluding hydrogens is 528 g/mol. The van der Waals surface area contributed by atoms with Crippen molar-refractivity contribution in [3.63, 3.8) is 0 Å². The van der Waals surface area contributed by atoms with Crippen LogP contribution < -0.4 is 0 Å². The molecule has 5 aromatic carbocycles. The first-order valence-corrected chi connectivity index (χ1v) is 15.1. The molecular formula is C34H24N4O2S. The highest BCUT2D eigenvalue weighted by atomic mass is 32.2. The smallest absolute Gasteiger partial charge is 0.210 e. The maximum Gasteiger partial charge on any atom is 0.210 e. The number of nitrogens with zero attached hydrogens (tertiary/aromatic N) is 4. The Hall–Kier alpha value is -5.01. The number of aryl methyl sites for hydroxylation is 1. The molecule has 0 fully saturated rings. The second-order valence-corrected chi connectivity index (χ2v) is 12.1. The molecule has 0 unspecified atom stereocenters. The Labute approximate surface area is 237 Å². The number of fused-ring (bicyclic) bond motifs is 3. The third kappa shape index (κ3) is 3.39. The van der Waals surface area contributed by atoms with Gasteiger partial charge in [0.25, 0.3) is 0 Å². The maximum absolute atomic E-state index is 13.6. The molecule has 8 rings (SSSR count). The zero-order chi connectivity index (χ0) is 27.7. The summed E-state index contributed by atoms with van der Waals surface area (Å²) in [6.07, 6.45) is 0.677. The summed E-state index contributed by atoms with van der Waals surface area (Å²) in [5, 5.41) is 0. The van der Waals surface area contributed by atoms with Crippen LogP contribution in [0.2, 0.25) is 0 Å². The number of imidazole rings is 2. The molecule has 1 aliphatic heterocycles. The van der Waals surface area contributed by atoms with E-state index < -0.39 is 9.84 Å². The highest BCUT2D eigenvalue weighted by molar-refractivity contribution is 7.92. The topological polar surface area (TPSA) is 69.8 Å². The van der Waals surface area contributed by atoms with Crippen molar-refractivity contribution in [2.75, 3.05) is 0 Å². The summed E-state index contributed by atoms with van der Waals surface area (Å²) >= 11 is 0. The number of para-hydroxylation sites is 4. The molecule has 0 aliphatic carbocycles. The molecule has 0 saturated carbocycles. The third-order valence-corrected chi connectivity index (χ3v) is 9.70. The van der Waals surface area contributed by atoms with E-state index in [9.17, 15) is 8.42 Å². The van der Waals surface area contributed by atoms with Gasteiger partial charge in [-0.15, -0.1) is 0 Å². The van der Waals surface area contributed by atoms with E-state index in [0.717, 1.165) is 45.1 Å². The Bertz CT molecular complexity index is 2250.